The molecule has 4 heteroatoms. The van der Waals surface area contributed by atoms with Crippen LogP contribution in [0.3, 0.4) is 0 Å². The van der Waals surface area contributed by atoms with Crippen molar-refractivity contribution in [2.45, 2.75) is 59.8 Å². The fraction of sp³-hybridized carbons (Fsp3) is 0.647. The van der Waals surface area contributed by atoms with Crippen LogP contribution in [0.1, 0.15) is 59.8 Å². The van der Waals surface area contributed by atoms with Crippen LogP contribution in [0.4, 0.5) is 0 Å². The third-order valence-corrected chi connectivity index (χ3v) is 3.08. The second kappa shape index (κ2) is 9.37. The van der Waals surface area contributed by atoms with E-state index in [1.165, 1.54) is 13.0 Å². The number of carbonyl (C=O) groups excluding carboxylic acids is 1. The van der Waals surface area contributed by atoms with Gasteiger partial charge in [0.2, 0.25) is 0 Å². The Bertz CT molecular complexity index is 388. The number of esters is 1. The van der Waals surface area contributed by atoms with Gasteiger partial charge in [-0.1, -0.05) is 33.3 Å². The Hall–Kier alpha value is -1.58. The molecule has 4 nitrogen and oxygen atoms in total. The topological polar surface area (TPSA) is 63.6 Å². The summed E-state index contributed by atoms with van der Waals surface area (Å²) < 4.78 is 4.71. The van der Waals surface area contributed by atoms with Crippen LogP contribution >= 0.6 is 0 Å². The lowest BCUT2D eigenvalue weighted by molar-refractivity contribution is -0.140. The van der Waals surface area contributed by atoms with Gasteiger partial charge in [-0.3, -0.25) is 9.59 Å². The van der Waals surface area contributed by atoms with E-state index in [4.69, 9.17) is 9.84 Å². The summed E-state index contributed by atoms with van der Waals surface area (Å²) in [5.41, 5.74) is 0.296. The van der Waals surface area contributed by atoms with Crippen molar-refractivity contribution in [3.05, 3.63) is 24.5 Å². The van der Waals surface area contributed by atoms with Crippen molar-refractivity contribution in [2.75, 3.05) is 0 Å². The molecule has 1 N–H and O–H groups in total. The fourth-order valence-corrected chi connectivity index (χ4v) is 1.73. The van der Waals surface area contributed by atoms with Crippen molar-refractivity contribution >= 4 is 11.9 Å². The highest BCUT2D eigenvalue weighted by molar-refractivity contribution is 5.71. The average molecular weight is 296 g/mol. The normalized spacial score (nSPS) is 14.8. The average Bonchev–Trinajstić information content (AvgIpc) is 2.28. The van der Waals surface area contributed by atoms with E-state index in [0.29, 0.717) is 11.8 Å². The minimum absolute atomic E-state index is 0.212. The Balaban J connectivity index is 0.000000423. The summed E-state index contributed by atoms with van der Waals surface area (Å²) in [6.07, 6.45) is 8.14. The van der Waals surface area contributed by atoms with Crippen molar-refractivity contribution in [3.63, 3.8) is 0 Å². The molecule has 0 bridgehead atoms. The number of ether oxygens (including phenoxy) is 1. The molecule has 0 amide bonds. The van der Waals surface area contributed by atoms with Gasteiger partial charge in [0.25, 0.3) is 0 Å². The summed E-state index contributed by atoms with van der Waals surface area (Å²) in [5.74, 6) is -0.514. The largest absolute Gasteiger partial charge is 0.481 e. The van der Waals surface area contributed by atoms with Gasteiger partial charge in [-0.25, -0.2) is 0 Å². The van der Waals surface area contributed by atoms with E-state index in [9.17, 15) is 9.59 Å². The standard InChI is InChI=1S/C11H20O2.C6H8O2/c1-5-9(10(12)13)7-6-8-11(2,3)4;1-5(7)8-6-3-2-4-6/h5,9H,1,6-8H2,2-4H3,(H,12,13);3H,2,4H2,1H3. The molecule has 120 valence electrons. The number of carboxylic acids is 1. The second-order valence-corrected chi connectivity index (χ2v) is 6.44. The lowest BCUT2D eigenvalue weighted by Crippen LogP contribution is -2.12. The Morgan fingerprint density at radius 1 is 1.48 bits per heavy atom. The van der Waals surface area contributed by atoms with Crippen LogP contribution in [0.15, 0.2) is 24.5 Å². The molecular weight excluding hydrogens is 268 g/mol. The molecule has 1 atom stereocenters. The zero-order valence-electron chi connectivity index (χ0n) is 13.6. The van der Waals surface area contributed by atoms with Crippen LogP contribution in [-0.2, 0) is 14.3 Å². The minimum atomic E-state index is -0.760. The summed E-state index contributed by atoms with van der Waals surface area (Å²) in [5, 5.41) is 8.73. The molecule has 0 aromatic carbocycles. The number of rotatable bonds is 6. The molecule has 0 radical (unpaired) electrons. The maximum Gasteiger partial charge on any atom is 0.310 e. The molecule has 21 heavy (non-hydrogen) atoms. The molecule has 0 aromatic heterocycles. The van der Waals surface area contributed by atoms with Gasteiger partial charge in [0, 0.05) is 13.3 Å². The van der Waals surface area contributed by atoms with Crippen LogP contribution in [0.5, 0.6) is 0 Å². The van der Waals surface area contributed by atoms with Crippen LogP contribution in [0.2, 0.25) is 0 Å². The van der Waals surface area contributed by atoms with Gasteiger partial charge in [0.05, 0.1) is 5.92 Å². The zero-order chi connectivity index (χ0) is 16.5. The third kappa shape index (κ3) is 10.8. The van der Waals surface area contributed by atoms with Crippen LogP contribution in [-0.4, -0.2) is 17.0 Å². The third-order valence-electron chi connectivity index (χ3n) is 3.08. The van der Waals surface area contributed by atoms with Crippen LogP contribution < -0.4 is 0 Å². The van der Waals surface area contributed by atoms with Gasteiger partial charge in [0.1, 0.15) is 5.76 Å². The van der Waals surface area contributed by atoms with Crippen LogP contribution in [0.25, 0.3) is 0 Å². The smallest absolute Gasteiger partial charge is 0.310 e. The van der Waals surface area contributed by atoms with Gasteiger partial charge in [-0.15, -0.1) is 6.58 Å². The first-order valence-corrected chi connectivity index (χ1v) is 7.38. The first-order chi connectivity index (χ1) is 9.65. The van der Waals surface area contributed by atoms with Crippen molar-refractivity contribution in [3.8, 4) is 0 Å². The molecule has 0 saturated heterocycles. The minimum Gasteiger partial charge on any atom is -0.481 e. The molecule has 1 aliphatic rings. The molecule has 0 aromatic rings. The molecule has 0 aliphatic heterocycles. The number of hydrogen-bond acceptors (Lipinski definition) is 3. The van der Waals surface area contributed by atoms with Crippen molar-refractivity contribution in [2.24, 2.45) is 11.3 Å². The lowest BCUT2D eigenvalue weighted by Gasteiger charge is -2.18. The van der Waals surface area contributed by atoms with E-state index >= 15 is 0 Å². The first-order valence-electron chi connectivity index (χ1n) is 7.38. The number of allylic oxidation sites excluding steroid dienone is 2. The Labute approximate surface area is 127 Å². The van der Waals surface area contributed by atoms with Crippen LogP contribution in [0, 0.1) is 11.3 Å². The van der Waals surface area contributed by atoms with Gasteiger partial charge >= 0.3 is 11.9 Å². The van der Waals surface area contributed by atoms with E-state index < -0.39 is 5.97 Å². The molecule has 1 rings (SSSR count). The highest BCUT2D eigenvalue weighted by Crippen LogP contribution is 2.23. The Morgan fingerprint density at radius 2 is 2.05 bits per heavy atom. The SMILES string of the molecule is C=CC(CCCC(C)(C)C)C(=O)O.CC(=O)OC1=CCC1. The second-order valence-electron chi connectivity index (χ2n) is 6.44. The van der Waals surface area contributed by atoms with Crippen molar-refractivity contribution < 1.29 is 19.4 Å². The summed E-state index contributed by atoms with van der Waals surface area (Å²) >= 11 is 0. The predicted octanol–water partition coefficient (Wildman–Crippen LogP) is 4.32. The number of hydrogen-bond donors (Lipinski definition) is 1. The Morgan fingerprint density at radius 3 is 2.29 bits per heavy atom. The van der Waals surface area contributed by atoms with E-state index in [-0.39, 0.29) is 11.9 Å². The van der Waals surface area contributed by atoms with E-state index in [2.05, 4.69) is 27.4 Å². The molecule has 1 unspecified atom stereocenters. The quantitative estimate of drug-likeness (QED) is 0.585. The maximum absolute atomic E-state index is 10.6. The van der Waals surface area contributed by atoms with E-state index in [1.807, 2.05) is 6.08 Å². The number of carbonyl (C=O) groups is 2. The summed E-state index contributed by atoms with van der Waals surface area (Å²) in [7, 11) is 0. The highest BCUT2D eigenvalue weighted by atomic mass is 16.5. The summed E-state index contributed by atoms with van der Waals surface area (Å²) in [4.78, 5) is 20.8. The van der Waals surface area contributed by atoms with Gasteiger partial charge in [-0.2, -0.15) is 0 Å². The molecule has 1 aliphatic carbocycles. The lowest BCUT2D eigenvalue weighted by atomic mass is 9.88. The summed E-state index contributed by atoms with van der Waals surface area (Å²) in [6.45, 7) is 11.4. The molecular formula is C17H28O4. The predicted molar refractivity (Wildman–Crippen MR) is 83.7 cm³/mol. The molecule has 0 saturated carbocycles. The van der Waals surface area contributed by atoms with Crippen molar-refractivity contribution in [1.29, 1.82) is 0 Å². The summed E-state index contributed by atoms with van der Waals surface area (Å²) in [6, 6.07) is 0. The van der Waals surface area contributed by atoms with Crippen molar-refractivity contribution in [1.82, 2.24) is 0 Å². The fourth-order valence-electron chi connectivity index (χ4n) is 1.73. The van der Waals surface area contributed by atoms with Gasteiger partial charge in [0.15, 0.2) is 0 Å². The first kappa shape index (κ1) is 19.4. The van der Waals surface area contributed by atoms with Gasteiger partial charge in [-0.05, 0) is 30.8 Å². The number of carboxylic acid groups (broad SMARTS) is 1. The van der Waals surface area contributed by atoms with E-state index in [1.54, 1.807) is 0 Å². The maximum atomic E-state index is 10.6. The monoisotopic (exact) mass is 296 g/mol. The molecule has 0 fully saturated rings. The number of aliphatic carboxylic acids is 1. The van der Waals surface area contributed by atoms with E-state index in [0.717, 1.165) is 31.4 Å². The van der Waals surface area contributed by atoms with Gasteiger partial charge < -0.3 is 9.84 Å². The highest BCUT2D eigenvalue weighted by Gasteiger charge is 2.15. The Kier molecular flexibility index (Phi) is 8.67. The molecule has 0 heterocycles. The zero-order valence-corrected chi connectivity index (χ0v) is 13.6. The molecule has 0 spiro atoms.